The van der Waals surface area contributed by atoms with Gasteiger partial charge in [-0.15, -0.1) is 0 Å². The average Bonchev–Trinajstić information content (AvgIpc) is 2.82. The number of anilines is 1. The highest BCUT2D eigenvalue weighted by Crippen LogP contribution is 2.24. The fourth-order valence-electron chi connectivity index (χ4n) is 3.59. The quantitative estimate of drug-likeness (QED) is 0.376. The summed E-state index contributed by atoms with van der Waals surface area (Å²) in [5, 5.41) is 13.9. The molecule has 8 nitrogen and oxygen atoms in total. The zero-order chi connectivity index (χ0) is 24.1. The molecule has 0 radical (unpaired) electrons. The number of halogens is 1. The number of pyridine rings is 2. The predicted octanol–water partition coefficient (Wildman–Crippen LogP) is 2.23. The molecule has 34 heavy (non-hydrogen) atoms. The molecule has 0 atom stereocenters. The predicted molar refractivity (Wildman–Crippen MR) is 129 cm³/mol. The van der Waals surface area contributed by atoms with Gasteiger partial charge in [-0.1, -0.05) is 35.7 Å². The molecule has 1 aliphatic rings. The van der Waals surface area contributed by atoms with Crippen LogP contribution in [0.25, 0.3) is 0 Å². The van der Waals surface area contributed by atoms with Gasteiger partial charge in [-0.3, -0.25) is 20.0 Å². The first-order valence-corrected chi connectivity index (χ1v) is 11.0. The van der Waals surface area contributed by atoms with Gasteiger partial charge < -0.3 is 15.5 Å². The van der Waals surface area contributed by atoms with Crippen LogP contribution in [0.1, 0.15) is 28.4 Å². The Labute approximate surface area is 201 Å². The molecule has 1 aromatic carbocycles. The summed E-state index contributed by atoms with van der Waals surface area (Å²) in [4.78, 5) is 34.2. The standard InChI is InChI=1S/C25H21ClN6O2/c1-2-5-22(33)32-14-18(15-32)30-24-19(12-28-13-20(24)26)23(27)16-7-9-17(10-8-16)25(34)31-21-6-3-4-11-29-21/h3-4,6-13,18,27H,14-15H2,1H3,(H,28,30)(H,29,31,34)/p+1. The van der Waals surface area contributed by atoms with Crippen LogP contribution in [-0.2, 0) is 4.79 Å². The van der Waals surface area contributed by atoms with E-state index in [-0.39, 0.29) is 23.6 Å². The number of nitrogens with two attached hydrogens (primary N) is 1. The number of carbonyl (C=O) groups excluding carboxylic acids is 2. The van der Waals surface area contributed by atoms with E-state index in [0.29, 0.717) is 46.3 Å². The van der Waals surface area contributed by atoms with Gasteiger partial charge in [0.05, 0.1) is 30.6 Å². The number of benzene rings is 1. The third-order valence-electron chi connectivity index (χ3n) is 5.38. The molecule has 0 bridgehead atoms. The summed E-state index contributed by atoms with van der Waals surface area (Å²) in [5.41, 5.74) is 2.60. The largest absolute Gasteiger partial charge is 0.320 e. The van der Waals surface area contributed by atoms with E-state index < -0.39 is 0 Å². The number of aromatic nitrogens is 2. The molecule has 9 heteroatoms. The van der Waals surface area contributed by atoms with Crippen molar-refractivity contribution in [1.29, 1.82) is 5.41 Å². The van der Waals surface area contributed by atoms with Crippen LogP contribution in [0.3, 0.4) is 0 Å². The van der Waals surface area contributed by atoms with E-state index in [1.807, 2.05) is 5.32 Å². The average molecular weight is 474 g/mol. The van der Waals surface area contributed by atoms with Gasteiger partial charge in [0.15, 0.2) is 5.69 Å². The van der Waals surface area contributed by atoms with Crippen molar-refractivity contribution in [2.24, 2.45) is 0 Å². The fourth-order valence-corrected chi connectivity index (χ4v) is 3.81. The van der Waals surface area contributed by atoms with Crippen molar-refractivity contribution in [2.75, 3.05) is 18.4 Å². The molecule has 3 heterocycles. The number of amides is 2. The molecule has 0 spiro atoms. The van der Waals surface area contributed by atoms with E-state index >= 15 is 0 Å². The number of quaternary nitrogens is 1. The van der Waals surface area contributed by atoms with E-state index in [0.717, 1.165) is 0 Å². The lowest BCUT2D eigenvalue weighted by Gasteiger charge is -2.35. The van der Waals surface area contributed by atoms with Gasteiger partial charge in [-0.2, -0.15) is 0 Å². The second-order valence-electron chi connectivity index (χ2n) is 7.72. The number of rotatable bonds is 6. The lowest BCUT2D eigenvalue weighted by atomic mass is 10.00. The second-order valence-corrected chi connectivity index (χ2v) is 8.12. The van der Waals surface area contributed by atoms with Gasteiger partial charge in [0.25, 0.3) is 11.8 Å². The summed E-state index contributed by atoms with van der Waals surface area (Å²) in [6.07, 6.45) is 4.75. The summed E-state index contributed by atoms with van der Waals surface area (Å²) in [6, 6.07) is 12.1. The van der Waals surface area contributed by atoms with Crippen LogP contribution in [-0.4, -0.2) is 51.5 Å². The maximum atomic E-state index is 12.5. The molecule has 170 valence electrons. The third kappa shape index (κ3) is 5.12. The Morgan fingerprint density at radius 3 is 2.56 bits per heavy atom. The summed E-state index contributed by atoms with van der Waals surface area (Å²) in [5.74, 6) is 5.15. The van der Waals surface area contributed by atoms with E-state index in [9.17, 15) is 9.59 Å². The summed E-state index contributed by atoms with van der Waals surface area (Å²) >= 11 is 6.43. The minimum atomic E-state index is -0.285. The molecule has 1 aliphatic heterocycles. The second kappa shape index (κ2) is 10.3. The minimum Gasteiger partial charge on any atom is -0.320 e. The highest BCUT2D eigenvalue weighted by Gasteiger charge is 2.34. The van der Waals surface area contributed by atoms with Crippen molar-refractivity contribution in [2.45, 2.75) is 13.0 Å². The Kier molecular flexibility index (Phi) is 6.97. The van der Waals surface area contributed by atoms with Crippen molar-refractivity contribution in [3.8, 4) is 11.8 Å². The molecule has 1 saturated heterocycles. The Balaban J connectivity index is 1.47. The normalized spacial score (nSPS) is 12.8. The van der Waals surface area contributed by atoms with Gasteiger partial charge in [0, 0.05) is 23.5 Å². The highest BCUT2D eigenvalue weighted by molar-refractivity contribution is 6.33. The Morgan fingerprint density at radius 1 is 1.15 bits per heavy atom. The first-order chi connectivity index (χ1) is 16.5. The molecule has 4 rings (SSSR count). The molecule has 2 aromatic heterocycles. The zero-order valence-electron chi connectivity index (χ0n) is 18.4. The van der Waals surface area contributed by atoms with E-state index in [1.165, 1.54) is 0 Å². The van der Waals surface area contributed by atoms with Crippen LogP contribution in [0.5, 0.6) is 0 Å². The van der Waals surface area contributed by atoms with Gasteiger partial charge >= 0.3 is 0 Å². The van der Waals surface area contributed by atoms with Crippen molar-refractivity contribution in [3.63, 3.8) is 0 Å². The zero-order valence-corrected chi connectivity index (χ0v) is 19.1. The van der Waals surface area contributed by atoms with E-state index in [4.69, 9.17) is 17.0 Å². The molecule has 4 N–H and O–H groups in total. The van der Waals surface area contributed by atoms with Crippen molar-refractivity contribution in [1.82, 2.24) is 14.9 Å². The summed E-state index contributed by atoms with van der Waals surface area (Å²) < 4.78 is 0. The fraction of sp³-hybridized carbons (Fsp3) is 0.160. The first kappa shape index (κ1) is 23.1. The van der Waals surface area contributed by atoms with Gasteiger partial charge in [-0.25, -0.2) is 4.98 Å². The first-order valence-electron chi connectivity index (χ1n) is 10.6. The van der Waals surface area contributed by atoms with Crippen LogP contribution in [0.15, 0.2) is 61.1 Å². The molecular weight excluding hydrogens is 452 g/mol. The number of nitrogens with one attached hydrogen (secondary N) is 2. The van der Waals surface area contributed by atoms with Gasteiger partial charge in [0.2, 0.25) is 0 Å². The SMILES string of the molecule is CC#CC(=O)N1CC([NH2+]c2c(Cl)cncc2C(=N)c2ccc(C(=O)Nc3ccccn3)cc2)C1. The topological polar surface area (TPSA) is 116 Å². The summed E-state index contributed by atoms with van der Waals surface area (Å²) in [7, 11) is 0. The number of hydrogen-bond donors (Lipinski definition) is 3. The number of hydrogen-bond acceptors (Lipinski definition) is 5. The number of likely N-dealkylation sites (tertiary alicyclic amines) is 1. The van der Waals surface area contributed by atoms with Crippen LogP contribution in [0.2, 0.25) is 5.02 Å². The van der Waals surface area contributed by atoms with Crippen LogP contribution >= 0.6 is 11.6 Å². The summed E-state index contributed by atoms with van der Waals surface area (Å²) in [6.45, 7) is 2.74. The smallest absolute Gasteiger partial charge is 0.298 e. The van der Waals surface area contributed by atoms with Crippen LogP contribution in [0.4, 0.5) is 11.5 Å². The molecule has 0 unspecified atom stereocenters. The molecule has 1 fully saturated rings. The molecular formula is C25H22ClN6O2+. The van der Waals surface area contributed by atoms with Gasteiger partial charge in [-0.05, 0) is 37.1 Å². The molecule has 3 aromatic rings. The van der Waals surface area contributed by atoms with Crippen molar-refractivity contribution < 1.29 is 14.9 Å². The van der Waals surface area contributed by atoms with Crippen LogP contribution in [0, 0.1) is 17.3 Å². The lowest BCUT2D eigenvalue weighted by Crippen LogP contribution is -2.92. The minimum absolute atomic E-state index is 0.117. The monoisotopic (exact) mass is 473 g/mol. The van der Waals surface area contributed by atoms with Crippen LogP contribution < -0.4 is 10.6 Å². The maximum Gasteiger partial charge on any atom is 0.298 e. The van der Waals surface area contributed by atoms with E-state index in [2.05, 4.69) is 27.1 Å². The Hall–Kier alpha value is -4.06. The number of nitrogens with zero attached hydrogens (tertiary/aromatic N) is 3. The molecule has 2 amide bonds. The van der Waals surface area contributed by atoms with E-state index in [1.54, 1.807) is 72.9 Å². The van der Waals surface area contributed by atoms with Crippen molar-refractivity contribution in [3.05, 3.63) is 82.8 Å². The molecule has 0 saturated carbocycles. The third-order valence-corrected chi connectivity index (χ3v) is 5.68. The maximum absolute atomic E-state index is 12.5. The number of carbonyl (C=O) groups is 2. The molecule has 0 aliphatic carbocycles. The lowest BCUT2D eigenvalue weighted by molar-refractivity contribution is -0.622. The van der Waals surface area contributed by atoms with Crippen molar-refractivity contribution >= 4 is 40.6 Å². The van der Waals surface area contributed by atoms with Gasteiger partial charge in [0.1, 0.15) is 16.9 Å². The Morgan fingerprint density at radius 2 is 1.88 bits per heavy atom. The Bertz CT molecular complexity index is 1290. The highest BCUT2D eigenvalue weighted by atomic mass is 35.5.